The van der Waals surface area contributed by atoms with E-state index in [9.17, 15) is 9.18 Å². The lowest BCUT2D eigenvalue weighted by atomic mass is 9.95. The molecule has 0 saturated carbocycles. The summed E-state index contributed by atoms with van der Waals surface area (Å²) in [6.07, 6.45) is 2.20. The molecule has 0 radical (unpaired) electrons. The minimum Gasteiger partial charge on any atom is -0.379 e. The summed E-state index contributed by atoms with van der Waals surface area (Å²) in [6.45, 7) is 4.34. The largest absolute Gasteiger partial charge is 0.379 e. The lowest BCUT2D eigenvalue weighted by Gasteiger charge is -2.20. The Balaban J connectivity index is 2.03. The van der Waals surface area contributed by atoms with Crippen molar-refractivity contribution >= 4 is 11.6 Å². The van der Waals surface area contributed by atoms with E-state index < -0.39 is 5.60 Å². The zero-order valence-corrected chi connectivity index (χ0v) is 11.8. The Morgan fingerprint density at radius 3 is 2.95 bits per heavy atom. The third-order valence-corrected chi connectivity index (χ3v) is 3.34. The van der Waals surface area contributed by atoms with Gasteiger partial charge in [0.1, 0.15) is 5.82 Å². The summed E-state index contributed by atoms with van der Waals surface area (Å²) in [4.78, 5) is 17.4. The molecule has 108 valence electrons. The summed E-state index contributed by atoms with van der Waals surface area (Å²) in [7, 11) is 0. The average Bonchev–Trinajstić information content (AvgIpc) is 2.83. The van der Waals surface area contributed by atoms with Gasteiger partial charge in [0.05, 0.1) is 5.71 Å². The van der Waals surface area contributed by atoms with Crippen molar-refractivity contribution in [3.63, 3.8) is 0 Å². The lowest BCUT2D eigenvalue weighted by Crippen LogP contribution is -2.45. The minimum atomic E-state index is -1.05. The molecule has 1 amide bonds. The minimum absolute atomic E-state index is 0.207. The molecule has 2 rings (SSSR count). The van der Waals surface area contributed by atoms with Gasteiger partial charge in [0, 0.05) is 18.5 Å². The van der Waals surface area contributed by atoms with Gasteiger partial charge in [0.15, 0.2) is 0 Å². The van der Waals surface area contributed by atoms with Crippen molar-refractivity contribution in [3.8, 4) is 0 Å². The lowest BCUT2D eigenvalue weighted by molar-refractivity contribution is -0.141. The van der Waals surface area contributed by atoms with E-state index in [1.807, 2.05) is 0 Å². The molecular formula is C15H19FN2O2. The first kappa shape index (κ1) is 14.5. The zero-order chi connectivity index (χ0) is 14.6. The van der Waals surface area contributed by atoms with Gasteiger partial charge < -0.3 is 10.2 Å². The van der Waals surface area contributed by atoms with Crippen LogP contribution in [0.5, 0.6) is 0 Å². The van der Waals surface area contributed by atoms with Gasteiger partial charge in [0.25, 0.3) is 5.91 Å². The molecule has 5 heteroatoms. The number of amides is 1. The molecule has 4 nitrogen and oxygen atoms in total. The molecule has 0 unspecified atom stereocenters. The van der Waals surface area contributed by atoms with Gasteiger partial charge in [-0.05, 0) is 19.4 Å². The van der Waals surface area contributed by atoms with Gasteiger partial charge in [-0.1, -0.05) is 36.7 Å². The monoisotopic (exact) mass is 278 g/mol. The molecule has 0 fully saturated rings. The summed E-state index contributed by atoms with van der Waals surface area (Å²) in [5.74, 6) is -0.563. The number of nitrogens with zero attached hydrogens (tertiary/aromatic N) is 1. The number of oxime groups is 1. The van der Waals surface area contributed by atoms with Crippen LogP contribution in [-0.4, -0.2) is 23.8 Å². The Kier molecular flexibility index (Phi) is 4.37. The maximum absolute atomic E-state index is 13.7. The smallest absolute Gasteiger partial charge is 0.267 e. The topological polar surface area (TPSA) is 50.7 Å². The fraction of sp³-hybridized carbons (Fsp3) is 0.467. The van der Waals surface area contributed by atoms with Crippen LogP contribution in [0.25, 0.3) is 0 Å². The van der Waals surface area contributed by atoms with Gasteiger partial charge in [-0.2, -0.15) is 0 Å². The van der Waals surface area contributed by atoms with Crippen LogP contribution in [0, 0.1) is 5.82 Å². The maximum Gasteiger partial charge on any atom is 0.267 e. The molecule has 1 aliphatic rings. The Morgan fingerprint density at radius 1 is 1.50 bits per heavy atom. The second kappa shape index (κ2) is 6.03. The van der Waals surface area contributed by atoms with E-state index in [0.29, 0.717) is 17.8 Å². The molecule has 0 bridgehead atoms. The van der Waals surface area contributed by atoms with Crippen molar-refractivity contribution in [2.45, 2.75) is 38.7 Å². The molecule has 0 aliphatic carbocycles. The van der Waals surface area contributed by atoms with Gasteiger partial charge in [-0.25, -0.2) is 4.39 Å². The van der Waals surface area contributed by atoms with Gasteiger partial charge in [-0.3, -0.25) is 4.79 Å². The van der Waals surface area contributed by atoms with Gasteiger partial charge in [0.2, 0.25) is 5.60 Å². The molecular weight excluding hydrogens is 259 g/mol. The molecule has 0 saturated heterocycles. The first-order valence-corrected chi connectivity index (χ1v) is 6.85. The Morgan fingerprint density at radius 2 is 2.25 bits per heavy atom. The van der Waals surface area contributed by atoms with Crippen LogP contribution in [0.15, 0.2) is 29.4 Å². The summed E-state index contributed by atoms with van der Waals surface area (Å²) in [6, 6.07) is 6.36. The Labute approximate surface area is 118 Å². The molecule has 20 heavy (non-hydrogen) atoms. The number of carbonyl (C=O) groups excluding carboxylic acids is 1. The molecule has 1 atom stereocenters. The van der Waals surface area contributed by atoms with Gasteiger partial charge >= 0.3 is 0 Å². The molecule has 0 spiro atoms. The Hall–Kier alpha value is -1.91. The first-order chi connectivity index (χ1) is 9.57. The van der Waals surface area contributed by atoms with E-state index in [-0.39, 0.29) is 18.1 Å². The highest BCUT2D eigenvalue weighted by Gasteiger charge is 2.42. The number of nitrogens with one attached hydrogen (secondary N) is 1. The van der Waals surface area contributed by atoms with Crippen LogP contribution in [0.4, 0.5) is 4.39 Å². The van der Waals surface area contributed by atoms with E-state index in [2.05, 4.69) is 17.4 Å². The molecule has 1 N–H and O–H groups in total. The predicted molar refractivity (Wildman–Crippen MR) is 75.0 cm³/mol. The molecule has 1 aromatic carbocycles. The number of hydrogen-bond donors (Lipinski definition) is 1. The zero-order valence-electron chi connectivity index (χ0n) is 11.8. The highest BCUT2D eigenvalue weighted by Crippen LogP contribution is 2.27. The second-order valence-corrected chi connectivity index (χ2v) is 5.13. The third-order valence-electron chi connectivity index (χ3n) is 3.34. The van der Waals surface area contributed by atoms with Crippen molar-refractivity contribution in [1.29, 1.82) is 0 Å². The van der Waals surface area contributed by atoms with Crippen molar-refractivity contribution < 1.29 is 14.0 Å². The first-order valence-electron chi connectivity index (χ1n) is 6.85. The average molecular weight is 278 g/mol. The van der Waals surface area contributed by atoms with Crippen LogP contribution < -0.4 is 5.32 Å². The number of carbonyl (C=O) groups is 1. The second-order valence-electron chi connectivity index (χ2n) is 5.13. The third kappa shape index (κ3) is 2.98. The van der Waals surface area contributed by atoms with E-state index in [1.165, 1.54) is 6.07 Å². The SMILES string of the molecule is CCCCNC(=O)[C@@]1(C)CC(c2ccccc2F)=NO1. The molecule has 1 aliphatic heterocycles. The summed E-state index contributed by atoms with van der Waals surface area (Å²) >= 11 is 0. The molecule has 1 heterocycles. The fourth-order valence-electron chi connectivity index (χ4n) is 2.07. The molecule has 0 aromatic heterocycles. The number of benzene rings is 1. The highest BCUT2D eigenvalue weighted by molar-refractivity contribution is 6.05. The van der Waals surface area contributed by atoms with Crippen LogP contribution in [-0.2, 0) is 9.63 Å². The van der Waals surface area contributed by atoms with Crippen LogP contribution >= 0.6 is 0 Å². The van der Waals surface area contributed by atoms with E-state index in [0.717, 1.165) is 12.8 Å². The fourth-order valence-corrected chi connectivity index (χ4v) is 2.07. The van der Waals surface area contributed by atoms with Crippen LogP contribution in [0.1, 0.15) is 38.7 Å². The van der Waals surface area contributed by atoms with Crippen LogP contribution in [0.3, 0.4) is 0 Å². The van der Waals surface area contributed by atoms with Crippen molar-refractivity contribution in [3.05, 3.63) is 35.6 Å². The summed E-state index contributed by atoms with van der Waals surface area (Å²) in [5.41, 5.74) is -0.195. The quantitative estimate of drug-likeness (QED) is 0.842. The normalized spacial score (nSPS) is 21.2. The van der Waals surface area contributed by atoms with E-state index >= 15 is 0 Å². The van der Waals surface area contributed by atoms with Crippen molar-refractivity contribution in [2.75, 3.05) is 6.54 Å². The van der Waals surface area contributed by atoms with Crippen molar-refractivity contribution in [1.82, 2.24) is 5.32 Å². The predicted octanol–water partition coefficient (Wildman–Crippen LogP) is 2.63. The highest BCUT2D eigenvalue weighted by atomic mass is 19.1. The maximum atomic E-state index is 13.7. The number of unbranched alkanes of at least 4 members (excludes halogenated alkanes) is 1. The van der Waals surface area contributed by atoms with E-state index in [4.69, 9.17) is 4.84 Å². The molecule has 1 aromatic rings. The van der Waals surface area contributed by atoms with Crippen LogP contribution in [0.2, 0.25) is 0 Å². The van der Waals surface area contributed by atoms with Gasteiger partial charge in [-0.15, -0.1) is 0 Å². The Bertz CT molecular complexity index is 530. The number of rotatable bonds is 5. The summed E-state index contributed by atoms with van der Waals surface area (Å²) in [5, 5.41) is 6.71. The number of halogens is 1. The van der Waals surface area contributed by atoms with Crippen molar-refractivity contribution in [2.24, 2.45) is 5.16 Å². The standard InChI is InChI=1S/C15H19FN2O2/c1-3-4-9-17-14(19)15(2)10-13(18-20-15)11-7-5-6-8-12(11)16/h5-8H,3-4,9-10H2,1-2H3,(H,17,19)/t15-/m1/s1. The van der Waals surface area contributed by atoms with E-state index in [1.54, 1.807) is 25.1 Å². The number of hydrogen-bond acceptors (Lipinski definition) is 3. The summed E-state index contributed by atoms with van der Waals surface area (Å²) < 4.78 is 13.7.